The van der Waals surface area contributed by atoms with Crippen LogP contribution >= 0.6 is 0 Å². The van der Waals surface area contributed by atoms with Crippen LogP contribution in [0.3, 0.4) is 0 Å². The summed E-state index contributed by atoms with van der Waals surface area (Å²) in [5, 5.41) is 77.0. The van der Waals surface area contributed by atoms with Gasteiger partial charge in [0.1, 0.15) is 36.6 Å². The van der Waals surface area contributed by atoms with Crippen molar-refractivity contribution < 1.29 is 78.4 Å². The number of esters is 1. The number of carbonyl (C=O) groups is 1. The average molecular weight is 848 g/mol. The molecule has 0 aromatic rings. The Morgan fingerprint density at radius 1 is 0.814 bits per heavy atom. The van der Waals surface area contributed by atoms with Gasteiger partial charge in [-0.05, 0) is 80.3 Å². The van der Waals surface area contributed by atoms with Crippen molar-refractivity contribution in [2.75, 3.05) is 27.8 Å². The lowest BCUT2D eigenvalue weighted by Gasteiger charge is -2.50. The maximum Gasteiger partial charge on any atom is 0.308 e. The molecule has 0 aliphatic carbocycles. The largest absolute Gasteiger partial charge is 0.462 e. The molecule has 7 N–H and O–H groups in total. The molecule has 4 aliphatic heterocycles. The predicted molar refractivity (Wildman–Crippen MR) is 212 cm³/mol. The number of hydrogen-bond donors (Lipinski definition) is 7. The SMILES string of the molecule is CO[C@@H]1[C@@H](O[C@@H]2O[C@H](C)[C@@H](O[C@H]3C[C@@](C)(O)[C@@H](O)[C@H](C)O3)[C@H](N(C)C)[C@H]2O)[C@@H](CCO)C[C@@H](C)[C@@H](O[C@H]2C[C@@](C)(O)[C@@H](O)[C@H](C)O2)/C=C/C=C/C[C@@H](C)OC(=O)C[C@H]1O. The van der Waals surface area contributed by atoms with Gasteiger partial charge >= 0.3 is 5.97 Å². The molecule has 0 saturated carbocycles. The number of aliphatic hydroxyl groups excluding tert-OH is 5. The molecule has 0 amide bonds. The van der Waals surface area contributed by atoms with E-state index in [1.54, 1.807) is 46.7 Å². The summed E-state index contributed by atoms with van der Waals surface area (Å²) in [5.41, 5.74) is -2.94. The molecule has 17 heteroatoms. The van der Waals surface area contributed by atoms with Crippen LogP contribution in [-0.2, 0) is 42.7 Å². The van der Waals surface area contributed by atoms with E-state index in [1.165, 1.54) is 21.0 Å². The molecular formula is C42H73NO16. The van der Waals surface area contributed by atoms with Crippen LogP contribution < -0.4 is 0 Å². The highest BCUT2D eigenvalue weighted by Crippen LogP contribution is 2.38. The fourth-order valence-electron chi connectivity index (χ4n) is 8.88. The van der Waals surface area contributed by atoms with E-state index >= 15 is 0 Å². The Morgan fingerprint density at radius 2 is 1.41 bits per heavy atom. The normalized spacial score (nSPS) is 48.3. The number of hydrogen-bond acceptors (Lipinski definition) is 17. The Balaban J connectivity index is 1.68. The Kier molecular flexibility index (Phi) is 18.3. The van der Waals surface area contributed by atoms with E-state index in [-0.39, 0.29) is 31.8 Å². The summed E-state index contributed by atoms with van der Waals surface area (Å²) >= 11 is 0. The number of cyclic esters (lactones) is 1. The van der Waals surface area contributed by atoms with E-state index in [1.807, 2.05) is 31.2 Å². The Morgan fingerprint density at radius 3 is 1.95 bits per heavy atom. The maximum atomic E-state index is 13.1. The molecule has 3 fully saturated rings. The first-order valence-electron chi connectivity index (χ1n) is 21.0. The highest BCUT2D eigenvalue weighted by Gasteiger charge is 2.52. The molecule has 0 spiro atoms. The summed E-state index contributed by atoms with van der Waals surface area (Å²) in [6.45, 7) is 11.5. The fraction of sp³-hybridized carbons (Fsp3) is 0.881. The number of nitrogens with zero attached hydrogens (tertiary/aromatic N) is 1. The molecule has 4 rings (SSSR count). The van der Waals surface area contributed by atoms with E-state index in [0.717, 1.165) is 0 Å². The molecule has 0 aromatic carbocycles. The van der Waals surface area contributed by atoms with Crippen LogP contribution in [0.15, 0.2) is 24.3 Å². The van der Waals surface area contributed by atoms with Gasteiger partial charge in [0.05, 0.1) is 60.3 Å². The van der Waals surface area contributed by atoms with Gasteiger partial charge in [0.25, 0.3) is 0 Å². The lowest BCUT2D eigenvalue weighted by atomic mass is 9.82. The third-order valence-corrected chi connectivity index (χ3v) is 12.2. The average Bonchev–Trinajstić information content (AvgIpc) is 3.12. The number of allylic oxidation sites excluding steroid dienone is 2. The van der Waals surface area contributed by atoms with Crippen LogP contribution in [0.5, 0.6) is 0 Å². The quantitative estimate of drug-likeness (QED) is 0.151. The summed E-state index contributed by atoms with van der Waals surface area (Å²) < 4.78 is 49.4. The summed E-state index contributed by atoms with van der Waals surface area (Å²) in [6.07, 6.45) is -6.74. The van der Waals surface area contributed by atoms with Gasteiger partial charge in [0.2, 0.25) is 0 Å². The molecular weight excluding hydrogens is 774 g/mol. The molecule has 3 saturated heterocycles. The van der Waals surface area contributed by atoms with Crippen molar-refractivity contribution in [1.82, 2.24) is 4.90 Å². The van der Waals surface area contributed by atoms with Crippen molar-refractivity contribution in [2.24, 2.45) is 11.8 Å². The van der Waals surface area contributed by atoms with Gasteiger partial charge in [-0.25, -0.2) is 0 Å². The number of ether oxygens (including phenoxy) is 8. The number of rotatable bonds is 10. The summed E-state index contributed by atoms with van der Waals surface area (Å²) in [4.78, 5) is 14.9. The minimum Gasteiger partial charge on any atom is -0.462 e. The molecule has 20 atom stereocenters. The summed E-state index contributed by atoms with van der Waals surface area (Å²) in [5.74, 6) is -1.56. The fourth-order valence-corrected chi connectivity index (χ4v) is 8.88. The standard InChI is InChI=1S/C42H73NO16/c1-22-18-27(16-17-44)36(59-40-34(47)33(43(8)9)35(24(3)56-40)58-32-21-42(7,51)39(49)26(5)55-32)37(52-10)28(45)19-30(46)53-23(2)14-12-11-13-15-29(22)57-31-20-41(6,50)38(48)25(4)54-31/h11-13,15,22-29,31-40,44-45,47-51H,14,16-21H2,1-10H3/b12-11+,15-13+/t22-,23-,24-,25+,26+,27+,28-,29+,31+,32+,33-,34-,35-,36+,37+,38+,39+,40+,41-,42-/m1/s1. The smallest absolute Gasteiger partial charge is 0.308 e. The second-order valence-corrected chi connectivity index (χ2v) is 17.8. The zero-order valence-corrected chi connectivity index (χ0v) is 36.4. The number of methoxy groups -OCH3 is 1. The van der Waals surface area contributed by atoms with Crippen molar-refractivity contribution in [2.45, 2.75) is 196 Å². The first-order chi connectivity index (χ1) is 27.6. The number of likely N-dealkylation sites (N-methyl/N-ethyl adjacent to an activating group) is 1. The maximum absolute atomic E-state index is 13.1. The van der Waals surface area contributed by atoms with Gasteiger partial charge in [-0.1, -0.05) is 31.2 Å². The first kappa shape index (κ1) is 50.0. The lowest BCUT2D eigenvalue weighted by molar-refractivity contribution is -0.344. The van der Waals surface area contributed by atoms with Gasteiger partial charge in [-0.15, -0.1) is 0 Å². The first-order valence-corrected chi connectivity index (χ1v) is 21.0. The minimum absolute atomic E-state index is 0.0119. The van der Waals surface area contributed by atoms with Crippen molar-refractivity contribution in [3.05, 3.63) is 24.3 Å². The predicted octanol–water partition coefficient (Wildman–Crippen LogP) is 0.910. The number of carbonyl (C=O) groups excluding carboxylic acids is 1. The highest BCUT2D eigenvalue weighted by molar-refractivity contribution is 5.70. The van der Waals surface area contributed by atoms with Crippen molar-refractivity contribution in [1.29, 1.82) is 0 Å². The van der Waals surface area contributed by atoms with Gasteiger partial charge in [-0.3, -0.25) is 4.79 Å². The zero-order valence-electron chi connectivity index (χ0n) is 36.4. The summed E-state index contributed by atoms with van der Waals surface area (Å²) in [6, 6.07) is -0.743. The lowest BCUT2D eigenvalue weighted by Crippen LogP contribution is -2.65. The van der Waals surface area contributed by atoms with Crippen molar-refractivity contribution in [3.63, 3.8) is 0 Å². The minimum atomic E-state index is -1.48. The molecule has 4 heterocycles. The Labute approximate surface area is 349 Å². The van der Waals surface area contributed by atoms with Gasteiger partial charge in [0.15, 0.2) is 18.9 Å². The Hall–Kier alpha value is -1.65. The van der Waals surface area contributed by atoms with E-state index < -0.39 is 128 Å². The highest BCUT2D eigenvalue weighted by atomic mass is 16.7. The zero-order chi connectivity index (χ0) is 44.0. The molecule has 342 valence electrons. The molecule has 59 heavy (non-hydrogen) atoms. The van der Waals surface area contributed by atoms with Crippen LogP contribution in [0.2, 0.25) is 0 Å². The summed E-state index contributed by atoms with van der Waals surface area (Å²) in [7, 11) is 4.90. The van der Waals surface area contributed by atoms with E-state index in [9.17, 15) is 40.5 Å². The van der Waals surface area contributed by atoms with Crippen LogP contribution in [-0.4, -0.2) is 184 Å². The second kappa shape index (κ2) is 21.6. The van der Waals surface area contributed by atoms with Gasteiger partial charge in [-0.2, -0.15) is 0 Å². The van der Waals surface area contributed by atoms with Crippen molar-refractivity contribution >= 4 is 5.97 Å². The molecule has 0 unspecified atom stereocenters. The van der Waals surface area contributed by atoms with E-state index in [2.05, 4.69) is 0 Å². The third kappa shape index (κ3) is 13.0. The van der Waals surface area contributed by atoms with Crippen LogP contribution in [0.1, 0.15) is 87.0 Å². The van der Waals surface area contributed by atoms with Crippen LogP contribution in [0.25, 0.3) is 0 Å². The molecule has 0 bridgehead atoms. The van der Waals surface area contributed by atoms with Crippen LogP contribution in [0, 0.1) is 11.8 Å². The monoisotopic (exact) mass is 847 g/mol. The molecule has 4 aliphatic rings. The molecule has 0 radical (unpaired) electrons. The van der Waals surface area contributed by atoms with Gasteiger partial charge in [0, 0.05) is 33.0 Å². The Bertz CT molecular complexity index is 1360. The van der Waals surface area contributed by atoms with Crippen LogP contribution in [0.4, 0.5) is 0 Å². The van der Waals surface area contributed by atoms with Gasteiger partial charge < -0.3 is 78.5 Å². The topological polar surface area (TPSA) is 236 Å². The molecule has 0 aromatic heterocycles. The van der Waals surface area contributed by atoms with E-state index in [4.69, 9.17) is 37.9 Å². The molecule has 17 nitrogen and oxygen atoms in total. The van der Waals surface area contributed by atoms with Crippen molar-refractivity contribution in [3.8, 4) is 0 Å². The number of aliphatic hydroxyl groups is 7. The third-order valence-electron chi connectivity index (χ3n) is 12.2. The van der Waals surface area contributed by atoms with E-state index in [0.29, 0.717) is 12.8 Å². The second-order valence-electron chi connectivity index (χ2n) is 17.8.